The van der Waals surface area contributed by atoms with Gasteiger partial charge in [0.2, 0.25) is 5.16 Å². The molecule has 0 aliphatic heterocycles. The van der Waals surface area contributed by atoms with Gasteiger partial charge in [0.05, 0.1) is 12.5 Å². The van der Waals surface area contributed by atoms with Crippen LogP contribution in [0.15, 0.2) is 5.16 Å². The Bertz CT molecular complexity index is 316. The average Bonchev–Trinajstić information content (AvgIpc) is 2.46. The fraction of sp³-hybridized carbons (Fsp3) is 0.667. The van der Waals surface area contributed by atoms with Crippen molar-refractivity contribution in [2.75, 3.05) is 5.75 Å². The third kappa shape index (κ3) is 3.30. The first-order chi connectivity index (χ1) is 6.59. The smallest absolute Gasteiger partial charge is 0.306 e. The zero-order valence-electron chi connectivity index (χ0n) is 7.49. The van der Waals surface area contributed by atoms with E-state index in [1.165, 1.54) is 16.4 Å². The van der Waals surface area contributed by atoms with Crippen LogP contribution in [0.3, 0.4) is 0 Å². The summed E-state index contributed by atoms with van der Waals surface area (Å²) in [5.74, 6) is -0.755. The van der Waals surface area contributed by atoms with E-state index < -0.39 is 12.1 Å². The van der Waals surface area contributed by atoms with Gasteiger partial charge in [-0.2, -0.15) is 0 Å². The number of carboxylic acid groups (broad SMARTS) is 1. The van der Waals surface area contributed by atoms with Crippen molar-refractivity contribution in [2.45, 2.75) is 17.7 Å². The van der Waals surface area contributed by atoms with Gasteiger partial charge < -0.3 is 10.2 Å². The molecule has 0 amide bonds. The predicted octanol–water partition coefficient (Wildman–Crippen LogP) is -0.862. The van der Waals surface area contributed by atoms with E-state index in [1.54, 1.807) is 7.05 Å². The molecule has 14 heavy (non-hydrogen) atoms. The minimum atomic E-state index is -1.02. The summed E-state index contributed by atoms with van der Waals surface area (Å²) in [5, 5.41) is 28.8. The Labute approximate surface area is 84.1 Å². The fourth-order valence-corrected chi connectivity index (χ4v) is 1.55. The Morgan fingerprint density at radius 3 is 2.93 bits per heavy atom. The molecule has 8 heteroatoms. The van der Waals surface area contributed by atoms with E-state index in [1.807, 2.05) is 0 Å². The largest absolute Gasteiger partial charge is 0.481 e. The van der Waals surface area contributed by atoms with Crippen LogP contribution in [0.5, 0.6) is 0 Å². The van der Waals surface area contributed by atoms with Gasteiger partial charge in [0, 0.05) is 12.8 Å². The lowest BCUT2D eigenvalue weighted by Gasteiger charge is -2.05. The van der Waals surface area contributed by atoms with Crippen molar-refractivity contribution in [1.82, 2.24) is 20.2 Å². The van der Waals surface area contributed by atoms with Crippen molar-refractivity contribution < 1.29 is 15.0 Å². The number of rotatable bonds is 5. The van der Waals surface area contributed by atoms with Gasteiger partial charge >= 0.3 is 5.97 Å². The van der Waals surface area contributed by atoms with E-state index in [-0.39, 0.29) is 12.2 Å². The molecule has 0 saturated carbocycles. The molecule has 1 unspecified atom stereocenters. The highest BCUT2D eigenvalue weighted by Gasteiger charge is 2.11. The molecule has 0 fully saturated rings. The van der Waals surface area contributed by atoms with Crippen LogP contribution in [0.4, 0.5) is 0 Å². The zero-order chi connectivity index (χ0) is 10.6. The number of tetrazole rings is 1. The first-order valence-electron chi connectivity index (χ1n) is 3.84. The predicted molar refractivity (Wildman–Crippen MR) is 47.8 cm³/mol. The molecule has 1 aromatic heterocycles. The lowest BCUT2D eigenvalue weighted by atomic mass is 10.3. The number of nitrogens with zero attached hydrogens (tertiary/aromatic N) is 4. The van der Waals surface area contributed by atoms with E-state index >= 15 is 0 Å². The maximum Gasteiger partial charge on any atom is 0.306 e. The van der Waals surface area contributed by atoms with Crippen LogP contribution < -0.4 is 0 Å². The molecule has 7 nitrogen and oxygen atoms in total. The number of aryl methyl sites for hydroxylation is 1. The van der Waals surface area contributed by atoms with Crippen LogP contribution in [-0.4, -0.2) is 48.2 Å². The molecule has 1 atom stereocenters. The number of aromatic nitrogens is 4. The highest BCUT2D eigenvalue weighted by atomic mass is 32.2. The van der Waals surface area contributed by atoms with Gasteiger partial charge in [-0.3, -0.25) is 4.79 Å². The Balaban J connectivity index is 2.34. The summed E-state index contributed by atoms with van der Waals surface area (Å²) in [6, 6.07) is 0. The van der Waals surface area contributed by atoms with Gasteiger partial charge in [0.1, 0.15) is 0 Å². The van der Waals surface area contributed by atoms with Crippen LogP contribution >= 0.6 is 11.8 Å². The fourth-order valence-electron chi connectivity index (χ4n) is 0.775. The van der Waals surface area contributed by atoms with Gasteiger partial charge in [-0.15, -0.1) is 5.10 Å². The molecule has 1 rings (SSSR count). The lowest BCUT2D eigenvalue weighted by Crippen LogP contribution is -2.15. The van der Waals surface area contributed by atoms with E-state index in [4.69, 9.17) is 5.11 Å². The summed E-state index contributed by atoms with van der Waals surface area (Å²) >= 11 is 1.22. The molecular formula is C6H10N4O3S. The number of aliphatic hydroxyl groups is 1. The van der Waals surface area contributed by atoms with Crippen molar-refractivity contribution in [3.8, 4) is 0 Å². The average molecular weight is 218 g/mol. The molecule has 2 N–H and O–H groups in total. The Hall–Kier alpha value is -1.15. The molecule has 0 bridgehead atoms. The van der Waals surface area contributed by atoms with E-state index in [0.29, 0.717) is 5.16 Å². The molecule has 0 aliphatic carbocycles. The van der Waals surface area contributed by atoms with Crippen molar-refractivity contribution in [3.05, 3.63) is 0 Å². The van der Waals surface area contributed by atoms with Crippen molar-refractivity contribution in [3.63, 3.8) is 0 Å². The zero-order valence-corrected chi connectivity index (χ0v) is 8.31. The van der Waals surface area contributed by atoms with Gasteiger partial charge in [-0.1, -0.05) is 11.8 Å². The molecule has 78 valence electrons. The van der Waals surface area contributed by atoms with E-state index in [0.717, 1.165) is 0 Å². The number of hydrogen-bond donors (Lipinski definition) is 2. The first-order valence-corrected chi connectivity index (χ1v) is 4.83. The quantitative estimate of drug-likeness (QED) is 0.620. The summed E-state index contributed by atoms with van der Waals surface area (Å²) in [4.78, 5) is 10.2. The summed E-state index contributed by atoms with van der Waals surface area (Å²) in [6.07, 6.45) is -1.15. The maximum atomic E-state index is 10.2. The normalized spacial score (nSPS) is 12.7. The van der Waals surface area contributed by atoms with E-state index in [2.05, 4.69) is 15.5 Å². The monoisotopic (exact) mass is 218 g/mol. The van der Waals surface area contributed by atoms with Crippen molar-refractivity contribution in [1.29, 1.82) is 0 Å². The summed E-state index contributed by atoms with van der Waals surface area (Å²) < 4.78 is 1.46. The highest BCUT2D eigenvalue weighted by Crippen LogP contribution is 2.14. The molecule has 1 aromatic rings. The molecular weight excluding hydrogens is 208 g/mol. The van der Waals surface area contributed by atoms with Crippen molar-refractivity contribution in [2.24, 2.45) is 7.05 Å². The molecule has 1 heterocycles. The van der Waals surface area contributed by atoms with Gasteiger partial charge in [0.15, 0.2) is 0 Å². The summed E-state index contributed by atoms with van der Waals surface area (Å²) in [6.45, 7) is 0. The SMILES string of the molecule is Cn1nnnc1SCC(O)CC(=O)O. The van der Waals surface area contributed by atoms with Gasteiger partial charge in [0.25, 0.3) is 0 Å². The second-order valence-corrected chi connectivity index (χ2v) is 3.63. The molecule has 0 radical (unpaired) electrons. The minimum Gasteiger partial charge on any atom is -0.481 e. The topological polar surface area (TPSA) is 101 Å². The van der Waals surface area contributed by atoms with Gasteiger partial charge in [-0.05, 0) is 10.4 Å². The number of carbonyl (C=O) groups is 1. The number of carboxylic acids is 1. The standard InChI is InChI=1S/C6H10N4O3S/c1-10-6(7-8-9-10)14-3-4(11)2-5(12)13/h4,11H,2-3H2,1H3,(H,12,13). The van der Waals surface area contributed by atoms with Crippen LogP contribution in [0.1, 0.15) is 6.42 Å². The number of aliphatic hydroxyl groups excluding tert-OH is 1. The number of thioether (sulfide) groups is 1. The Morgan fingerprint density at radius 2 is 2.43 bits per heavy atom. The third-order valence-electron chi connectivity index (χ3n) is 1.40. The summed E-state index contributed by atoms with van der Waals surface area (Å²) in [5.41, 5.74) is 0. The van der Waals surface area contributed by atoms with Crippen LogP contribution in [0, 0.1) is 0 Å². The molecule has 0 spiro atoms. The molecule has 0 aromatic carbocycles. The third-order valence-corrected chi connectivity index (χ3v) is 2.55. The second kappa shape index (κ2) is 4.91. The highest BCUT2D eigenvalue weighted by molar-refractivity contribution is 7.99. The van der Waals surface area contributed by atoms with Crippen LogP contribution in [0.25, 0.3) is 0 Å². The van der Waals surface area contributed by atoms with E-state index in [9.17, 15) is 9.90 Å². The summed E-state index contributed by atoms with van der Waals surface area (Å²) in [7, 11) is 1.67. The lowest BCUT2D eigenvalue weighted by molar-refractivity contribution is -0.138. The molecule has 0 aliphatic rings. The Kier molecular flexibility index (Phi) is 3.84. The first kappa shape index (κ1) is 10.9. The van der Waals surface area contributed by atoms with Gasteiger partial charge in [-0.25, -0.2) is 4.68 Å². The molecule has 0 saturated heterocycles. The Morgan fingerprint density at radius 1 is 1.71 bits per heavy atom. The van der Waals surface area contributed by atoms with Crippen LogP contribution in [-0.2, 0) is 11.8 Å². The van der Waals surface area contributed by atoms with Crippen molar-refractivity contribution >= 4 is 17.7 Å². The number of aliphatic carboxylic acids is 1. The maximum absolute atomic E-state index is 10.2. The number of hydrogen-bond acceptors (Lipinski definition) is 6. The minimum absolute atomic E-state index is 0.264. The van der Waals surface area contributed by atoms with Crippen LogP contribution in [0.2, 0.25) is 0 Å². The second-order valence-electron chi connectivity index (χ2n) is 2.65.